The van der Waals surface area contributed by atoms with Gasteiger partial charge in [0.25, 0.3) is 0 Å². The molecule has 1 aromatic rings. The molecule has 0 aliphatic carbocycles. The van der Waals surface area contributed by atoms with Gasteiger partial charge in [0.1, 0.15) is 5.75 Å². The minimum absolute atomic E-state index is 0.183. The second kappa shape index (κ2) is 5.79. The van der Waals surface area contributed by atoms with Crippen LogP contribution in [0.15, 0.2) is 24.3 Å². The van der Waals surface area contributed by atoms with E-state index in [4.69, 9.17) is 17.3 Å². The molecule has 0 aliphatic rings. The van der Waals surface area contributed by atoms with E-state index >= 15 is 0 Å². The number of nitrogens with two attached hydrogens (primary N) is 1. The first-order chi connectivity index (χ1) is 7.63. The van der Waals surface area contributed by atoms with Crippen molar-refractivity contribution < 1.29 is 9.90 Å². The van der Waals surface area contributed by atoms with Crippen LogP contribution in [0.25, 0.3) is 0 Å². The second-order valence-electron chi connectivity index (χ2n) is 3.40. The van der Waals surface area contributed by atoms with Crippen LogP contribution in [0.5, 0.6) is 5.75 Å². The van der Waals surface area contributed by atoms with Crippen LogP contribution in [0.2, 0.25) is 0 Å². The summed E-state index contributed by atoms with van der Waals surface area (Å²) in [6, 6.07) is 5.94. The Morgan fingerprint density at radius 3 is 2.69 bits per heavy atom. The SMILES string of the molecule is C#CCNC(=O)C(N)Cc1ccc(O)cc1. The van der Waals surface area contributed by atoms with Crippen LogP contribution in [-0.2, 0) is 11.2 Å². The number of aromatic hydroxyl groups is 1. The molecule has 1 atom stereocenters. The molecule has 1 unspecified atom stereocenters. The van der Waals surface area contributed by atoms with E-state index in [9.17, 15) is 4.79 Å². The van der Waals surface area contributed by atoms with E-state index in [0.29, 0.717) is 6.42 Å². The Kier molecular flexibility index (Phi) is 4.37. The van der Waals surface area contributed by atoms with E-state index in [-0.39, 0.29) is 18.2 Å². The summed E-state index contributed by atoms with van der Waals surface area (Å²) in [7, 11) is 0. The van der Waals surface area contributed by atoms with Crippen LogP contribution < -0.4 is 11.1 Å². The van der Waals surface area contributed by atoms with Gasteiger partial charge in [0.15, 0.2) is 0 Å². The lowest BCUT2D eigenvalue weighted by atomic mass is 10.1. The molecule has 0 saturated carbocycles. The number of phenols is 1. The highest BCUT2D eigenvalue weighted by atomic mass is 16.3. The molecule has 1 amide bonds. The number of rotatable bonds is 4. The Balaban J connectivity index is 2.51. The quantitative estimate of drug-likeness (QED) is 0.623. The average molecular weight is 218 g/mol. The minimum Gasteiger partial charge on any atom is -0.508 e. The molecular weight excluding hydrogens is 204 g/mol. The third-order valence-corrected chi connectivity index (χ3v) is 2.09. The summed E-state index contributed by atoms with van der Waals surface area (Å²) in [5, 5.41) is 11.6. The number of benzene rings is 1. The molecule has 0 saturated heterocycles. The Labute approximate surface area is 94.5 Å². The Morgan fingerprint density at radius 2 is 2.12 bits per heavy atom. The van der Waals surface area contributed by atoms with Crippen LogP contribution in [0.4, 0.5) is 0 Å². The lowest BCUT2D eigenvalue weighted by Crippen LogP contribution is -2.42. The van der Waals surface area contributed by atoms with Gasteiger partial charge in [-0.1, -0.05) is 18.1 Å². The summed E-state index contributed by atoms with van der Waals surface area (Å²) in [4.78, 5) is 11.4. The first-order valence-electron chi connectivity index (χ1n) is 4.88. The summed E-state index contributed by atoms with van der Waals surface area (Å²) in [5.41, 5.74) is 6.57. The number of hydrogen-bond donors (Lipinski definition) is 3. The van der Waals surface area contributed by atoms with Crippen molar-refractivity contribution >= 4 is 5.91 Å². The van der Waals surface area contributed by atoms with E-state index in [1.807, 2.05) is 0 Å². The summed E-state index contributed by atoms with van der Waals surface area (Å²) < 4.78 is 0. The summed E-state index contributed by atoms with van der Waals surface area (Å²) in [5.74, 6) is 2.22. The third kappa shape index (κ3) is 3.64. The predicted molar refractivity (Wildman–Crippen MR) is 61.6 cm³/mol. The maximum absolute atomic E-state index is 11.4. The minimum atomic E-state index is -0.627. The zero-order chi connectivity index (χ0) is 12.0. The highest BCUT2D eigenvalue weighted by Crippen LogP contribution is 2.10. The van der Waals surface area contributed by atoms with E-state index < -0.39 is 6.04 Å². The number of nitrogens with one attached hydrogen (secondary N) is 1. The van der Waals surface area contributed by atoms with E-state index in [0.717, 1.165) is 5.56 Å². The van der Waals surface area contributed by atoms with Crippen molar-refractivity contribution in [3.8, 4) is 18.1 Å². The van der Waals surface area contributed by atoms with Crippen LogP contribution in [0.3, 0.4) is 0 Å². The van der Waals surface area contributed by atoms with Crippen molar-refractivity contribution in [1.82, 2.24) is 5.32 Å². The molecule has 0 radical (unpaired) electrons. The lowest BCUT2D eigenvalue weighted by molar-refractivity contribution is -0.122. The van der Waals surface area contributed by atoms with Gasteiger partial charge in [0.05, 0.1) is 12.6 Å². The van der Waals surface area contributed by atoms with E-state index in [1.165, 1.54) is 0 Å². The summed E-state index contributed by atoms with van der Waals surface area (Å²) >= 11 is 0. The monoisotopic (exact) mass is 218 g/mol. The lowest BCUT2D eigenvalue weighted by Gasteiger charge is -2.10. The number of hydrogen-bond acceptors (Lipinski definition) is 3. The highest BCUT2D eigenvalue weighted by molar-refractivity contribution is 5.82. The van der Waals surface area contributed by atoms with Gasteiger partial charge >= 0.3 is 0 Å². The standard InChI is InChI=1S/C12H14N2O2/c1-2-7-14-12(16)11(13)8-9-3-5-10(15)6-4-9/h1,3-6,11,15H,7-8,13H2,(H,14,16). The third-order valence-electron chi connectivity index (χ3n) is 2.09. The molecule has 0 bridgehead atoms. The molecule has 84 valence electrons. The zero-order valence-corrected chi connectivity index (χ0v) is 8.81. The molecule has 0 aromatic heterocycles. The molecule has 16 heavy (non-hydrogen) atoms. The zero-order valence-electron chi connectivity index (χ0n) is 8.81. The Hall–Kier alpha value is -1.99. The highest BCUT2D eigenvalue weighted by Gasteiger charge is 2.12. The molecule has 0 spiro atoms. The number of terminal acetylenes is 1. The number of phenolic OH excluding ortho intramolecular Hbond substituents is 1. The molecule has 4 N–H and O–H groups in total. The van der Waals surface area contributed by atoms with Crippen molar-refractivity contribution in [2.75, 3.05) is 6.54 Å². The maximum Gasteiger partial charge on any atom is 0.238 e. The first kappa shape index (κ1) is 12.1. The summed E-state index contributed by atoms with van der Waals surface area (Å²) in [6.45, 7) is 0.183. The number of carbonyl (C=O) groups excluding carboxylic acids is 1. The number of amides is 1. The Morgan fingerprint density at radius 1 is 1.50 bits per heavy atom. The van der Waals surface area contributed by atoms with Crippen LogP contribution in [0, 0.1) is 12.3 Å². The van der Waals surface area contributed by atoms with Gasteiger partial charge in [0, 0.05) is 0 Å². The molecule has 0 aliphatic heterocycles. The van der Waals surface area contributed by atoms with Gasteiger partial charge in [-0.3, -0.25) is 4.79 Å². The Bertz CT molecular complexity index is 392. The summed E-state index contributed by atoms with van der Waals surface area (Å²) in [6.07, 6.45) is 5.43. The number of carbonyl (C=O) groups is 1. The molecule has 1 aromatic carbocycles. The molecule has 4 nitrogen and oxygen atoms in total. The van der Waals surface area contributed by atoms with Gasteiger partial charge < -0.3 is 16.2 Å². The van der Waals surface area contributed by atoms with Crippen LogP contribution in [-0.4, -0.2) is 23.6 Å². The van der Waals surface area contributed by atoms with Gasteiger partial charge in [-0.05, 0) is 24.1 Å². The van der Waals surface area contributed by atoms with Gasteiger partial charge in [-0.25, -0.2) is 0 Å². The first-order valence-corrected chi connectivity index (χ1v) is 4.88. The van der Waals surface area contributed by atoms with Crippen LogP contribution in [0.1, 0.15) is 5.56 Å². The molecular formula is C12H14N2O2. The van der Waals surface area contributed by atoms with Crippen molar-refractivity contribution in [3.63, 3.8) is 0 Å². The van der Waals surface area contributed by atoms with Crippen molar-refractivity contribution in [1.29, 1.82) is 0 Å². The average Bonchev–Trinajstić information content (AvgIpc) is 2.29. The van der Waals surface area contributed by atoms with E-state index in [2.05, 4.69) is 11.2 Å². The molecule has 4 heteroatoms. The van der Waals surface area contributed by atoms with E-state index in [1.54, 1.807) is 24.3 Å². The van der Waals surface area contributed by atoms with Crippen molar-refractivity contribution in [2.24, 2.45) is 5.73 Å². The van der Waals surface area contributed by atoms with Crippen LogP contribution >= 0.6 is 0 Å². The van der Waals surface area contributed by atoms with Gasteiger partial charge in [0.2, 0.25) is 5.91 Å². The van der Waals surface area contributed by atoms with Crippen molar-refractivity contribution in [2.45, 2.75) is 12.5 Å². The maximum atomic E-state index is 11.4. The van der Waals surface area contributed by atoms with Crippen molar-refractivity contribution in [3.05, 3.63) is 29.8 Å². The fourth-order valence-corrected chi connectivity index (χ4v) is 1.25. The fourth-order valence-electron chi connectivity index (χ4n) is 1.25. The largest absolute Gasteiger partial charge is 0.508 e. The fraction of sp³-hybridized carbons (Fsp3) is 0.250. The second-order valence-corrected chi connectivity index (χ2v) is 3.40. The molecule has 0 fully saturated rings. The molecule has 1 rings (SSSR count). The van der Waals surface area contributed by atoms with Gasteiger partial charge in [-0.2, -0.15) is 0 Å². The van der Waals surface area contributed by atoms with Gasteiger partial charge in [-0.15, -0.1) is 6.42 Å². The molecule has 0 heterocycles. The normalized spacial score (nSPS) is 11.5. The smallest absolute Gasteiger partial charge is 0.238 e. The predicted octanol–water partition coefficient (Wildman–Crippen LogP) is 0.0114. The topological polar surface area (TPSA) is 75.4 Å².